The van der Waals surface area contributed by atoms with E-state index in [2.05, 4.69) is 5.92 Å². The number of hydrogen-bond donors (Lipinski definition) is 0. The predicted octanol–water partition coefficient (Wildman–Crippen LogP) is 0.178. The van der Waals surface area contributed by atoms with Crippen LogP contribution in [0.2, 0.25) is 0 Å². The fourth-order valence-electron chi connectivity index (χ4n) is 0.680. The fourth-order valence-corrected chi connectivity index (χ4v) is 1.93. The van der Waals surface area contributed by atoms with Gasteiger partial charge in [0.05, 0.1) is 11.7 Å². The summed E-state index contributed by atoms with van der Waals surface area (Å²) in [5.74, 6) is 2.24. The van der Waals surface area contributed by atoms with Crippen LogP contribution < -0.4 is 0 Å². The molecule has 0 aliphatic carbocycles. The second-order valence-corrected chi connectivity index (χ2v) is 3.86. The van der Waals surface area contributed by atoms with Crippen molar-refractivity contribution in [3.05, 3.63) is 11.5 Å². The summed E-state index contributed by atoms with van der Waals surface area (Å²) >= 11 is 0. The molecule has 2 nitrogen and oxygen atoms in total. The first kappa shape index (κ1) is 6.37. The highest BCUT2D eigenvalue weighted by atomic mass is 32.2. The molecule has 0 amide bonds. The average molecular weight is 142 g/mol. The van der Waals surface area contributed by atoms with Crippen molar-refractivity contribution in [2.45, 2.75) is 0 Å². The van der Waals surface area contributed by atoms with E-state index >= 15 is 0 Å². The van der Waals surface area contributed by atoms with E-state index in [0.717, 1.165) is 0 Å². The summed E-state index contributed by atoms with van der Waals surface area (Å²) in [6, 6.07) is 0. The van der Waals surface area contributed by atoms with E-state index < -0.39 is 9.84 Å². The van der Waals surface area contributed by atoms with Crippen LogP contribution in [0, 0.1) is 18.3 Å². The van der Waals surface area contributed by atoms with E-state index in [1.807, 2.05) is 0 Å². The Bertz CT molecular complexity index is 266. The lowest BCUT2D eigenvalue weighted by Gasteiger charge is -1.90. The van der Waals surface area contributed by atoms with Gasteiger partial charge in [0.1, 0.15) is 0 Å². The predicted molar refractivity (Wildman–Crippen MR) is 35.2 cm³/mol. The molecule has 0 N–H and O–H groups in total. The molecule has 0 bridgehead atoms. The maximum atomic E-state index is 10.6. The van der Waals surface area contributed by atoms with Gasteiger partial charge >= 0.3 is 0 Å². The Morgan fingerprint density at radius 2 is 2.33 bits per heavy atom. The summed E-state index contributed by atoms with van der Waals surface area (Å²) in [5, 5.41) is 1.18. The molecule has 1 aliphatic heterocycles. The largest absolute Gasteiger partial charge is 0.224 e. The van der Waals surface area contributed by atoms with Gasteiger partial charge in [0.25, 0.3) is 0 Å². The van der Waals surface area contributed by atoms with Crippen molar-refractivity contribution in [3.63, 3.8) is 0 Å². The van der Waals surface area contributed by atoms with Crippen molar-refractivity contribution in [1.82, 2.24) is 0 Å². The third-order valence-electron chi connectivity index (χ3n) is 1.14. The minimum absolute atomic E-state index is 0.0868. The molecule has 1 unspecified atom stereocenters. The van der Waals surface area contributed by atoms with Crippen LogP contribution in [0.4, 0.5) is 0 Å². The zero-order valence-corrected chi connectivity index (χ0v) is 5.56. The molecule has 0 aromatic rings. The van der Waals surface area contributed by atoms with Crippen molar-refractivity contribution in [2.24, 2.45) is 5.92 Å². The Hall–Kier alpha value is -0.750. The average Bonchev–Trinajstić information content (AvgIpc) is 2.10. The van der Waals surface area contributed by atoms with Gasteiger partial charge in [0.2, 0.25) is 0 Å². The first-order valence-electron chi connectivity index (χ1n) is 2.51. The summed E-state index contributed by atoms with van der Waals surface area (Å²) in [6.07, 6.45) is 6.53. The number of rotatable bonds is 0. The Kier molecular flexibility index (Phi) is 1.34. The molecule has 0 saturated carbocycles. The fraction of sp³-hybridized carbons (Fsp3) is 0.333. The zero-order chi connectivity index (χ0) is 6.91. The molecule has 0 aromatic heterocycles. The standard InChI is InChI=1S/C6H6O2S/c1-2-6-3-4-9(7,8)5-6/h1,3-4,6H,5H2. The molecule has 1 rings (SSSR count). The lowest BCUT2D eigenvalue weighted by Crippen LogP contribution is -2.02. The Balaban J connectivity index is 2.87. The highest BCUT2D eigenvalue weighted by Crippen LogP contribution is 2.12. The Morgan fingerprint density at radius 1 is 1.67 bits per heavy atom. The molecule has 48 valence electrons. The smallest absolute Gasteiger partial charge is 0.172 e. The van der Waals surface area contributed by atoms with Crippen molar-refractivity contribution in [1.29, 1.82) is 0 Å². The van der Waals surface area contributed by atoms with Gasteiger partial charge in [0.15, 0.2) is 9.84 Å². The molecule has 3 heteroatoms. The third-order valence-corrected chi connectivity index (χ3v) is 2.54. The maximum Gasteiger partial charge on any atom is 0.172 e. The summed E-state index contributed by atoms with van der Waals surface area (Å²) in [5.41, 5.74) is 0. The second kappa shape index (κ2) is 1.89. The molecule has 0 radical (unpaired) electrons. The van der Waals surface area contributed by atoms with E-state index in [4.69, 9.17) is 6.42 Å². The van der Waals surface area contributed by atoms with Crippen molar-refractivity contribution < 1.29 is 8.42 Å². The van der Waals surface area contributed by atoms with Gasteiger partial charge in [-0.1, -0.05) is 12.0 Å². The quantitative estimate of drug-likeness (QED) is 0.452. The van der Waals surface area contributed by atoms with E-state index in [0.29, 0.717) is 0 Å². The molecule has 1 heterocycles. The van der Waals surface area contributed by atoms with Crippen LogP contribution in [0.1, 0.15) is 0 Å². The molecule has 0 saturated heterocycles. The topological polar surface area (TPSA) is 34.1 Å². The Labute approximate surface area is 54.5 Å². The van der Waals surface area contributed by atoms with Gasteiger partial charge in [-0.3, -0.25) is 0 Å². The van der Waals surface area contributed by atoms with Crippen LogP contribution in [0.25, 0.3) is 0 Å². The van der Waals surface area contributed by atoms with Gasteiger partial charge < -0.3 is 0 Å². The van der Waals surface area contributed by atoms with E-state index in [1.54, 1.807) is 0 Å². The molecule has 0 aromatic carbocycles. The number of terminal acetylenes is 1. The van der Waals surface area contributed by atoms with Crippen LogP contribution in [-0.4, -0.2) is 14.2 Å². The first-order chi connectivity index (χ1) is 4.14. The molecular formula is C6H6O2S. The monoisotopic (exact) mass is 142 g/mol. The van der Waals surface area contributed by atoms with Crippen molar-refractivity contribution in [3.8, 4) is 12.3 Å². The van der Waals surface area contributed by atoms with Crippen LogP contribution in [0.5, 0.6) is 0 Å². The summed E-state index contributed by atoms with van der Waals surface area (Å²) < 4.78 is 21.2. The summed E-state index contributed by atoms with van der Waals surface area (Å²) in [7, 11) is -2.93. The lowest BCUT2D eigenvalue weighted by molar-refractivity contribution is 0.604. The highest BCUT2D eigenvalue weighted by molar-refractivity contribution is 7.94. The van der Waals surface area contributed by atoms with Gasteiger partial charge in [-0.15, -0.1) is 6.42 Å². The lowest BCUT2D eigenvalue weighted by atomic mass is 10.2. The van der Waals surface area contributed by atoms with Gasteiger partial charge in [-0.05, 0) is 0 Å². The van der Waals surface area contributed by atoms with Gasteiger partial charge in [-0.2, -0.15) is 0 Å². The molecule has 9 heavy (non-hydrogen) atoms. The van der Waals surface area contributed by atoms with Gasteiger partial charge in [0, 0.05) is 5.41 Å². The first-order valence-corrected chi connectivity index (χ1v) is 4.23. The van der Waals surface area contributed by atoms with E-state index in [1.165, 1.54) is 11.5 Å². The molecule has 1 aliphatic rings. The molecular weight excluding hydrogens is 136 g/mol. The normalized spacial score (nSPS) is 29.9. The van der Waals surface area contributed by atoms with Crippen molar-refractivity contribution in [2.75, 3.05) is 5.75 Å². The van der Waals surface area contributed by atoms with E-state index in [-0.39, 0.29) is 11.7 Å². The van der Waals surface area contributed by atoms with Crippen molar-refractivity contribution >= 4 is 9.84 Å². The van der Waals surface area contributed by atoms with Gasteiger partial charge in [-0.25, -0.2) is 8.42 Å². The minimum atomic E-state index is -2.93. The molecule has 0 fully saturated rings. The number of allylic oxidation sites excluding steroid dienone is 1. The van der Waals surface area contributed by atoms with Crippen LogP contribution in [-0.2, 0) is 9.84 Å². The highest BCUT2D eigenvalue weighted by Gasteiger charge is 2.18. The van der Waals surface area contributed by atoms with E-state index in [9.17, 15) is 8.42 Å². The molecule has 0 spiro atoms. The number of sulfone groups is 1. The summed E-state index contributed by atoms with van der Waals surface area (Å²) in [6.45, 7) is 0. The second-order valence-electron chi connectivity index (χ2n) is 1.93. The number of hydrogen-bond acceptors (Lipinski definition) is 2. The van der Waals surface area contributed by atoms with Crippen LogP contribution in [0.3, 0.4) is 0 Å². The maximum absolute atomic E-state index is 10.6. The summed E-state index contributed by atoms with van der Waals surface area (Å²) in [4.78, 5) is 0. The minimum Gasteiger partial charge on any atom is -0.224 e. The zero-order valence-electron chi connectivity index (χ0n) is 4.74. The van der Waals surface area contributed by atoms with Crippen LogP contribution in [0.15, 0.2) is 11.5 Å². The molecule has 1 atom stereocenters. The van der Waals surface area contributed by atoms with Crippen LogP contribution >= 0.6 is 0 Å². The Morgan fingerprint density at radius 3 is 2.56 bits per heavy atom. The SMILES string of the molecule is C#CC1C=CS(=O)(=O)C1. The third kappa shape index (κ3) is 1.33.